The van der Waals surface area contributed by atoms with Crippen LogP contribution in [-0.4, -0.2) is 65.7 Å². The molecule has 9 heteroatoms. The van der Waals surface area contributed by atoms with Gasteiger partial charge in [-0.25, -0.2) is 4.99 Å². The Morgan fingerprint density at radius 1 is 1.31 bits per heavy atom. The van der Waals surface area contributed by atoms with Crippen LogP contribution in [0.3, 0.4) is 0 Å². The zero-order chi connectivity index (χ0) is 20.8. The van der Waals surface area contributed by atoms with Crippen molar-refractivity contribution in [1.82, 2.24) is 25.3 Å². The van der Waals surface area contributed by atoms with Crippen LogP contribution in [0, 0.1) is 0 Å². The molecule has 9 nitrogen and oxygen atoms in total. The molecule has 0 spiro atoms. The molecule has 29 heavy (non-hydrogen) atoms. The number of aromatic nitrogens is 2. The van der Waals surface area contributed by atoms with Crippen LogP contribution in [0.2, 0.25) is 0 Å². The Balaban J connectivity index is 1.70. The van der Waals surface area contributed by atoms with E-state index in [2.05, 4.69) is 20.7 Å². The summed E-state index contributed by atoms with van der Waals surface area (Å²) < 4.78 is 1.69. The molecule has 1 aromatic carbocycles. The number of carbonyl (C=O) groups is 2. The molecule has 0 radical (unpaired) electrons. The van der Waals surface area contributed by atoms with Gasteiger partial charge >= 0.3 is 0 Å². The average Bonchev–Trinajstić information content (AvgIpc) is 3.16. The van der Waals surface area contributed by atoms with Gasteiger partial charge in [-0.15, -0.1) is 0 Å². The number of aliphatic imine (C=N–C) groups is 1. The standard InChI is InChI=1S/C20H27N7O2/c1-4-22-20(23-11-15-6-5-7-16(10-15)19(29)21-2)26-8-9-27(18(28)14-26)17-12-24-25(3)13-17/h5-7,10,12-13H,4,8-9,11,14H2,1-3H3,(H,21,29)(H,22,23). The zero-order valence-electron chi connectivity index (χ0n) is 17.1. The molecule has 1 aromatic heterocycles. The summed E-state index contributed by atoms with van der Waals surface area (Å²) in [6, 6.07) is 7.38. The maximum atomic E-state index is 12.7. The van der Waals surface area contributed by atoms with E-state index in [0.717, 1.165) is 11.3 Å². The molecule has 3 rings (SSSR count). The van der Waals surface area contributed by atoms with Gasteiger partial charge in [0.1, 0.15) is 6.54 Å². The number of piperazine rings is 1. The first-order valence-corrected chi connectivity index (χ1v) is 9.65. The van der Waals surface area contributed by atoms with Crippen LogP contribution in [0.15, 0.2) is 41.7 Å². The number of guanidine groups is 1. The van der Waals surface area contributed by atoms with E-state index in [0.29, 0.717) is 37.7 Å². The molecule has 1 saturated heterocycles. The fourth-order valence-corrected chi connectivity index (χ4v) is 3.22. The van der Waals surface area contributed by atoms with Gasteiger partial charge in [-0.2, -0.15) is 5.10 Å². The predicted molar refractivity (Wildman–Crippen MR) is 112 cm³/mol. The van der Waals surface area contributed by atoms with E-state index in [4.69, 9.17) is 0 Å². The first kappa shape index (κ1) is 20.4. The van der Waals surface area contributed by atoms with Gasteiger partial charge in [0.2, 0.25) is 5.91 Å². The molecule has 0 bridgehead atoms. The predicted octanol–water partition coefficient (Wildman–Crippen LogP) is 0.594. The van der Waals surface area contributed by atoms with Crippen molar-refractivity contribution in [3.63, 3.8) is 0 Å². The lowest BCUT2D eigenvalue weighted by Crippen LogP contribution is -2.55. The van der Waals surface area contributed by atoms with E-state index >= 15 is 0 Å². The van der Waals surface area contributed by atoms with Crippen LogP contribution < -0.4 is 15.5 Å². The first-order valence-electron chi connectivity index (χ1n) is 9.65. The van der Waals surface area contributed by atoms with E-state index in [1.165, 1.54) is 0 Å². The Morgan fingerprint density at radius 2 is 2.14 bits per heavy atom. The molecule has 2 aromatic rings. The Bertz CT molecular complexity index is 906. The summed E-state index contributed by atoms with van der Waals surface area (Å²) in [5.74, 6) is 0.577. The van der Waals surface area contributed by atoms with E-state index in [-0.39, 0.29) is 18.4 Å². The fraction of sp³-hybridized carbons (Fsp3) is 0.400. The van der Waals surface area contributed by atoms with E-state index in [1.807, 2.05) is 43.3 Å². The van der Waals surface area contributed by atoms with Crippen LogP contribution in [0.1, 0.15) is 22.8 Å². The summed E-state index contributed by atoms with van der Waals surface area (Å²) in [6.07, 6.45) is 3.54. The summed E-state index contributed by atoms with van der Waals surface area (Å²) >= 11 is 0. The molecule has 2 heterocycles. The Kier molecular flexibility index (Phi) is 6.48. The van der Waals surface area contributed by atoms with Crippen molar-refractivity contribution in [2.45, 2.75) is 13.5 Å². The molecule has 0 saturated carbocycles. The summed E-state index contributed by atoms with van der Waals surface area (Å²) in [5, 5.41) is 10.0. The summed E-state index contributed by atoms with van der Waals surface area (Å²) in [5.41, 5.74) is 2.34. The van der Waals surface area contributed by atoms with Gasteiger partial charge < -0.3 is 20.4 Å². The molecule has 1 aliphatic heterocycles. The first-order chi connectivity index (χ1) is 14.0. The lowest BCUT2D eigenvalue weighted by Gasteiger charge is -2.35. The van der Waals surface area contributed by atoms with Gasteiger partial charge in [0.05, 0.1) is 18.4 Å². The smallest absolute Gasteiger partial charge is 0.251 e. The SMILES string of the molecule is CCNC(=NCc1cccc(C(=O)NC)c1)N1CCN(c2cnn(C)c2)C(=O)C1. The van der Waals surface area contributed by atoms with Crippen LogP contribution in [0.4, 0.5) is 5.69 Å². The van der Waals surface area contributed by atoms with Gasteiger partial charge in [0, 0.05) is 45.5 Å². The second-order valence-electron chi connectivity index (χ2n) is 6.79. The molecule has 0 unspecified atom stereocenters. The number of nitrogens with zero attached hydrogens (tertiary/aromatic N) is 5. The minimum atomic E-state index is -0.125. The number of rotatable bonds is 5. The zero-order valence-corrected chi connectivity index (χ0v) is 17.1. The molecule has 2 N–H and O–H groups in total. The summed E-state index contributed by atoms with van der Waals surface area (Å²) in [6.45, 7) is 4.61. The van der Waals surface area contributed by atoms with E-state index < -0.39 is 0 Å². The second kappa shape index (κ2) is 9.22. The largest absolute Gasteiger partial charge is 0.356 e. The van der Waals surface area contributed by atoms with E-state index in [9.17, 15) is 9.59 Å². The summed E-state index contributed by atoms with van der Waals surface area (Å²) in [4.78, 5) is 32.9. The summed E-state index contributed by atoms with van der Waals surface area (Å²) in [7, 11) is 3.44. The lowest BCUT2D eigenvalue weighted by atomic mass is 10.1. The topological polar surface area (TPSA) is 94.9 Å². The van der Waals surface area contributed by atoms with Crippen LogP contribution >= 0.6 is 0 Å². The molecule has 0 aliphatic carbocycles. The third-order valence-corrected chi connectivity index (χ3v) is 4.69. The number of anilines is 1. The normalized spacial score (nSPS) is 14.9. The van der Waals surface area contributed by atoms with Gasteiger partial charge in [0.15, 0.2) is 5.96 Å². The van der Waals surface area contributed by atoms with Crippen LogP contribution in [0.5, 0.6) is 0 Å². The number of hydrogen-bond donors (Lipinski definition) is 2. The second-order valence-corrected chi connectivity index (χ2v) is 6.79. The van der Waals surface area contributed by atoms with Gasteiger partial charge in [0.25, 0.3) is 5.91 Å². The minimum absolute atomic E-state index is 0.0106. The van der Waals surface area contributed by atoms with Crippen molar-refractivity contribution in [3.8, 4) is 0 Å². The van der Waals surface area contributed by atoms with Crippen molar-refractivity contribution >= 4 is 23.5 Å². The molecule has 154 valence electrons. The Hall–Kier alpha value is -3.36. The third kappa shape index (κ3) is 4.92. The Labute approximate surface area is 170 Å². The Morgan fingerprint density at radius 3 is 2.79 bits per heavy atom. The van der Waals surface area contributed by atoms with Crippen molar-refractivity contribution in [2.75, 3.05) is 38.1 Å². The number of carbonyl (C=O) groups excluding carboxylic acids is 2. The average molecular weight is 397 g/mol. The fourth-order valence-electron chi connectivity index (χ4n) is 3.22. The number of aryl methyl sites for hydroxylation is 1. The minimum Gasteiger partial charge on any atom is -0.356 e. The maximum absolute atomic E-state index is 12.7. The van der Waals surface area contributed by atoms with Crippen molar-refractivity contribution in [1.29, 1.82) is 0 Å². The number of hydrogen-bond acceptors (Lipinski definition) is 4. The number of nitrogens with one attached hydrogen (secondary N) is 2. The highest BCUT2D eigenvalue weighted by atomic mass is 16.2. The lowest BCUT2D eigenvalue weighted by molar-refractivity contribution is -0.120. The molecular formula is C20H27N7O2. The van der Waals surface area contributed by atoms with Crippen molar-refractivity contribution in [3.05, 3.63) is 47.8 Å². The van der Waals surface area contributed by atoms with Crippen LogP contribution in [0.25, 0.3) is 0 Å². The van der Waals surface area contributed by atoms with Gasteiger partial charge in [-0.05, 0) is 24.6 Å². The molecule has 2 amide bonds. The van der Waals surface area contributed by atoms with Crippen LogP contribution in [-0.2, 0) is 18.4 Å². The molecular weight excluding hydrogens is 370 g/mol. The monoisotopic (exact) mass is 397 g/mol. The van der Waals surface area contributed by atoms with E-state index in [1.54, 1.807) is 28.9 Å². The highest BCUT2D eigenvalue weighted by molar-refractivity contribution is 5.98. The van der Waals surface area contributed by atoms with Crippen molar-refractivity contribution in [2.24, 2.45) is 12.0 Å². The molecule has 0 atom stereocenters. The molecule has 1 aliphatic rings. The van der Waals surface area contributed by atoms with Gasteiger partial charge in [-0.1, -0.05) is 12.1 Å². The number of amides is 2. The number of benzene rings is 1. The highest BCUT2D eigenvalue weighted by Crippen LogP contribution is 2.16. The van der Waals surface area contributed by atoms with Crippen molar-refractivity contribution < 1.29 is 9.59 Å². The van der Waals surface area contributed by atoms with Gasteiger partial charge in [-0.3, -0.25) is 14.3 Å². The maximum Gasteiger partial charge on any atom is 0.251 e. The highest BCUT2D eigenvalue weighted by Gasteiger charge is 2.27. The third-order valence-electron chi connectivity index (χ3n) is 4.69. The molecule has 1 fully saturated rings. The quantitative estimate of drug-likeness (QED) is 0.569.